The Morgan fingerprint density at radius 3 is 2.68 bits per heavy atom. The van der Waals surface area contributed by atoms with E-state index in [1.807, 2.05) is 6.07 Å². The molecule has 1 fully saturated rings. The second-order valence-corrected chi connectivity index (χ2v) is 10.9. The highest BCUT2D eigenvalue weighted by molar-refractivity contribution is 9.10. The van der Waals surface area contributed by atoms with Crippen molar-refractivity contribution in [3.63, 3.8) is 0 Å². The van der Waals surface area contributed by atoms with Gasteiger partial charge in [-0.1, -0.05) is 48.8 Å². The Morgan fingerprint density at radius 1 is 1.26 bits per heavy atom. The fourth-order valence-corrected chi connectivity index (χ4v) is 5.71. The van der Waals surface area contributed by atoms with Crippen LogP contribution in [0.15, 0.2) is 40.9 Å². The van der Waals surface area contributed by atoms with Crippen molar-refractivity contribution >= 4 is 21.9 Å². The third-order valence-electron chi connectivity index (χ3n) is 6.83. The van der Waals surface area contributed by atoms with E-state index in [9.17, 15) is 9.90 Å². The van der Waals surface area contributed by atoms with E-state index in [2.05, 4.69) is 67.0 Å². The number of methoxy groups -OCH3 is 1. The van der Waals surface area contributed by atoms with Crippen molar-refractivity contribution < 1.29 is 19.4 Å². The van der Waals surface area contributed by atoms with E-state index in [4.69, 9.17) is 9.47 Å². The second kappa shape index (κ2) is 8.25. The average molecular weight is 487 g/mol. The molecule has 1 saturated carbocycles. The fraction of sp³-hybridized carbons (Fsp3) is 0.500. The molecule has 2 aliphatic carbocycles. The number of carbonyl (C=O) groups is 1. The Hall–Kier alpha value is -1.85. The highest BCUT2D eigenvalue weighted by atomic mass is 79.9. The lowest BCUT2D eigenvalue weighted by Gasteiger charge is -2.30. The fourth-order valence-electron chi connectivity index (χ4n) is 5.26. The first-order chi connectivity index (χ1) is 14.7. The predicted octanol–water partition coefficient (Wildman–Crippen LogP) is 6.44. The first-order valence-electron chi connectivity index (χ1n) is 11.0. The van der Waals surface area contributed by atoms with E-state index in [0.29, 0.717) is 6.61 Å². The molecular weight excluding hydrogens is 456 g/mol. The molecule has 0 aliphatic heterocycles. The number of hydrogen-bond acceptors (Lipinski definition) is 3. The molecule has 0 radical (unpaired) electrons. The predicted molar refractivity (Wildman–Crippen MR) is 124 cm³/mol. The molecule has 0 bridgehead atoms. The highest BCUT2D eigenvalue weighted by Crippen LogP contribution is 2.60. The van der Waals surface area contributed by atoms with Crippen LogP contribution in [-0.4, -0.2) is 18.2 Å². The van der Waals surface area contributed by atoms with Gasteiger partial charge in [0.25, 0.3) is 0 Å². The minimum atomic E-state index is -0.673. The van der Waals surface area contributed by atoms with Crippen molar-refractivity contribution in [2.45, 2.75) is 64.6 Å². The number of aliphatic carboxylic acids is 1. The number of aryl methyl sites for hydroxylation is 1. The van der Waals surface area contributed by atoms with Gasteiger partial charge in [0.15, 0.2) is 0 Å². The Bertz CT molecular complexity index is 993. The number of halogens is 1. The van der Waals surface area contributed by atoms with Crippen LogP contribution in [-0.2, 0) is 28.0 Å². The van der Waals surface area contributed by atoms with E-state index in [1.54, 1.807) is 7.11 Å². The van der Waals surface area contributed by atoms with Gasteiger partial charge in [-0.15, -0.1) is 0 Å². The van der Waals surface area contributed by atoms with Crippen LogP contribution in [0.2, 0.25) is 0 Å². The Morgan fingerprint density at radius 2 is 2.03 bits per heavy atom. The maximum absolute atomic E-state index is 11.6. The topological polar surface area (TPSA) is 55.8 Å². The van der Waals surface area contributed by atoms with E-state index in [1.165, 1.54) is 11.1 Å². The number of benzene rings is 2. The number of hydrogen-bond donors (Lipinski definition) is 1. The third-order valence-corrected chi connectivity index (χ3v) is 7.55. The molecule has 4 rings (SSSR count). The lowest BCUT2D eigenvalue weighted by Crippen LogP contribution is -2.21. The van der Waals surface area contributed by atoms with Crippen molar-refractivity contribution in [2.75, 3.05) is 7.11 Å². The van der Waals surface area contributed by atoms with E-state index in [-0.39, 0.29) is 22.9 Å². The maximum Gasteiger partial charge on any atom is 0.307 e. The molecule has 0 amide bonds. The molecule has 1 unspecified atom stereocenters. The molecule has 0 aromatic heterocycles. The third kappa shape index (κ3) is 4.27. The van der Waals surface area contributed by atoms with Gasteiger partial charge in [-0.25, -0.2) is 0 Å². The van der Waals surface area contributed by atoms with Crippen LogP contribution in [0.4, 0.5) is 0 Å². The summed E-state index contributed by atoms with van der Waals surface area (Å²) in [6.07, 6.45) is 3.76. The molecule has 166 valence electrons. The Labute approximate surface area is 193 Å². The molecular formula is C26H31BrO4. The molecule has 1 spiro atoms. The van der Waals surface area contributed by atoms with E-state index in [0.717, 1.165) is 47.0 Å². The van der Waals surface area contributed by atoms with E-state index >= 15 is 0 Å². The van der Waals surface area contributed by atoms with Crippen LogP contribution in [0.3, 0.4) is 0 Å². The zero-order chi connectivity index (χ0) is 22.4. The second-order valence-electron chi connectivity index (χ2n) is 10.0. The summed E-state index contributed by atoms with van der Waals surface area (Å²) in [5.41, 5.74) is 4.44. The number of carboxylic acid groups (broad SMARTS) is 1. The van der Waals surface area contributed by atoms with Gasteiger partial charge in [-0.05, 0) is 77.6 Å². The first kappa shape index (κ1) is 22.3. The monoisotopic (exact) mass is 486 g/mol. The zero-order valence-electron chi connectivity index (χ0n) is 18.7. The standard InChI is InChI=1S/C26H31BrO4/c1-25(2,3)23(30-4)19-12-16(7-10-22(19)27)15-31-18-9-8-17-6-5-11-26(20(17)13-18)14-21(26)24(28)29/h7-10,12-13,21,23H,5-6,11,14-15H2,1-4H3,(H,28,29)/t21-,23+,26?/m0/s1. The van der Waals surface area contributed by atoms with E-state index < -0.39 is 5.97 Å². The van der Waals surface area contributed by atoms with Gasteiger partial charge >= 0.3 is 5.97 Å². The van der Waals surface area contributed by atoms with Crippen molar-refractivity contribution in [3.8, 4) is 5.75 Å². The van der Waals surface area contributed by atoms with Crippen LogP contribution in [0.5, 0.6) is 5.75 Å². The molecule has 2 aromatic rings. The molecule has 5 heteroatoms. The average Bonchev–Trinajstić information content (AvgIpc) is 3.43. The van der Waals surface area contributed by atoms with Crippen molar-refractivity contribution in [2.24, 2.45) is 11.3 Å². The molecule has 31 heavy (non-hydrogen) atoms. The minimum absolute atomic E-state index is 0.0332. The quantitative estimate of drug-likeness (QED) is 0.510. The lowest BCUT2D eigenvalue weighted by molar-refractivity contribution is -0.139. The summed E-state index contributed by atoms with van der Waals surface area (Å²) >= 11 is 3.67. The highest BCUT2D eigenvalue weighted by Gasteiger charge is 2.60. The summed E-state index contributed by atoms with van der Waals surface area (Å²) in [6, 6.07) is 12.5. The summed E-state index contributed by atoms with van der Waals surface area (Å²) in [5.74, 6) is -0.119. The molecule has 0 saturated heterocycles. The Kier molecular flexibility index (Phi) is 5.95. The van der Waals surface area contributed by atoms with Gasteiger partial charge < -0.3 is 14.6 Å². The molecule has 2 aliphatic rings. The number of carboxylic acids is 1. The smallest absolute Gasteiger partial charge is 0.307 e. The molecule has 4 nitrogen and oxygen atoms in total. The molecule has 2 aromatic carbocycles. The summed E-state index contributed by atoms with van der Waals surface area (Å²) in [5, 5.41) is 9.54. The first-order valence-corrected chi connectivity index (χ1v) is 11.7. The summed E-state index contributed by atoms with van der Waals surface area (Å²) in [6.45, 7) is 6.96. The van der Waals surface area contributed by atoms with Gasteiger partial charge in [0, 0.05) is 17.0 Å². The Balaban J connectivity index is 1.54. The lowest BCUT2D eigenvalue weighted by atomic mass is 9.78. The van der Waals surface area contributed by atoms with Gasteiger partial charge in [0.05, 0.1) is 12.0 Å². The summed E-state index contributed by atoms with van der Waals surface area (Å²) < 4.78 is 13.0. The maximum atomic E-state index is 11.6. The van der Waals surface area contributed by atoms with Gasteiger partial charge in [-0.2, -0.15) is 0 Å². The van der Waals surface area contributed by atoms with Gasteiger partial charge in [0.2, 0.25) is 0 Å². The number of rotatable bonds is 6. The summed E-state index contributed by atoms with van der Waals surface area (Å²) in [7, 11) is 1.75. The number of ether oxygens (including phenoxy) is 2. The van der Waals surface area contributed by atoms with Crippen LogP contribution in [0.1, 0.15) is 68.4 Å². The van der Waals surface area contributed by atoms with Crippen LogP contribution in [0, 0.1) is 11.3 Å². The van der Waals surface area contributed by atoms with Crippen LogP contribution < -0.4 is 4.74 Å². The normalized spacial score (nSPS) is 23.3. The van der Waals surface area contributed by atoms with Crippen molar-refractivity contribution in [1.82, 2.24) is 0 Å². The zero-order valence-corrected chi connectivity index (χ0v) is 20.3. The minimum Gasteiger partial charge on any atom is -0.489 e. The van der Waals surface area contributed by atoms with Gasteiger partial charge in [0.1, 0.15) is 12.4 Å². The van der Waals surface area contributed by atoms with Crippen molar-refractivity contribution in [1.29, 1.82) is 0 Å². The van der Waals surface area contributed by atoms with Crippen molar-refractivity contribution in [3.05, 3.63) is 63.1 Å². The molecule has 3 atom stereocenters. The largest absolute Gasteiger partial charge is 0.489 e. The molecule has 0 heterocycles. The van der Waals surface area contributed by atoms with Crippen LogP contribution >= 0.6 is 15.9 Å². The van der Waals surface area contributed by atoms with Crippen LogP contribution in [0.25, 0.3) is 0 Å². The molecule has 1 N–H and O–H groups in total. The number of fused-ring (bicyclic) bond motifs is 2. The summed E-state index contributed by atoms with van der Waals surface area (Å²) in [4.78, 5) is 11.6. The van der Waals surface area contributed by atoms with Gasteiger partial charge in [-0.3, -0.25) is 4.79 Å². The SMILES string of the molecule is CO[C@H](c1cc(COc2ccc3c(c2)C2(CCC3)C[C@H]2C(=O)O)ccc1Br)C(C)(C)C.